The van der Waals surface area contributed by atoms with E-state index >= 15 is 0 Å². The predicted octanol–water partition coefficient (Wildman–Crippen LogP) is 10.3. The maximum atomic E-state index is 15.0. The number of aliphatic hydroxyl groups is 2. The summed E-state index contributed by atoms with van der Waals surface area (Å²) in [5.41, 5.74) is 3.76. The largest absolute Gasteiger partial charge is 0.451 e. The van der Waals surface area contributed by atoms with E-state index in [9.17, 15) is 27.8 Å². The lowest BCUT2D eigenvalue weighted by Crippen LogP contribution is -2.25. The summed E-state index contributed by atoms with van der Waals surface area (Å²) >= 11 is 0. The highest BCUT2D eigenvalue weighted by atomic mass is 19.2. The summed E-state index contributed by atoms with van der Waals surface area (Å²) in [6.07, 6.45) is 0. The number of hydrogen-bond donors (Lipinski definition) is 2. The summed E-state index contributed by atoms with van der Waals surface area (Å²) in [5, 5.41) is 35.0. The summed E-state index contributed by atoms with van der Waals surface area (Å²) in [5.74, 6) is -9.90. The van der Waals surface area contributed by atoms with E-state index in [0.717, 1.165) is 24.5 Å². The van der Waals surface area contributed by atoms with Crippen LogP contribution < -0.4 is 19.3 Å². The Labute approximate surface area is 297 Å². The Morgan fingerprint density at radius 1 is 0.462 bits per heavy atom. The number of likely N-dealkylation sites (N-methyl/N-ethyl adjacent to an activating group) is 2. The molecule has 0 unspecified atom stereocenters. The maximum Gasteiger partial charge on any atom is 0.208 e. The number of ether oxygens (including phenoxy) is 2. The number of benzene rings is 5. The molecule has 0 heterocycles. The number of anilines is 2. The Kier molecular flexibility index (Phi) is 12.9. The van der Waals surface area contributed by atoms with Crippen LogP contribution in [0, 0.1) is 23.3 Å². The minimum absolute atomic E-state index is 0.0351. The highest BCUT2D eigenvalue weighted by Gasteiger charge is 2.29. The van der Waals surface area contributed by atoms with Gasteiger partial charge in [0.1, 0.15) is 11.5 Å². The number of nitrogens with zero attached hydrogens (tertiary/aromatic N) is 6. The van der Waals surface area contributed by atoms with Crippen LogP contribution in [0.15, 0.2) is 118 Å². The summed E-state index contributed by atoms with van der Waals surface area (Å²) in [7, 11) is 0. The number of rotatable bonds is 16. The van der Waals surface area contributed by atoms with Crippen LogP contribution in [0.1, 0.15) is 13.8 Å². The Hall–Kier alpha value is -5.86. The Morgan fingerprint density at radius 2 is 0.731 bits per heavy atom. The van der Waals surface area contributed by atoms with E-state index in [4.69, 9.17) is 9.47 Å². The van der Waals surface area contributed by atoms with E-state index in [1.807, 2.05) is 47.9 Å². The smallest absolute Gasteiger partial charge is 0.208 e. The molecule has 14 heteroatoms. The first-order valence-electron chi connectivity index (χ1n) is 16.4. The molecule has 0 amide bonds. The third-order valence-corrected chi connectivity index (χ3v) is 7.79. The van der Waals surface area contributed by atoms with Gasteiger partial charge >= 0.3 is 0 Å². The van der Waals surface area contributed by atoms with Gasteiger partial charge in [-0.15, -0.1) is 0 Å². The zero-order chi connectivity index (χ0) is 37.0. The van der Waals surface area contributed by atoms with Crippen molar-refractivity contribution in [2.24, 2.45) is 20.5 Å². The maximum absolute atomic E-state index is 15.0. The van der Waals surface area contributed by atoms with E-state index in [2.05, 4.69) is 20.5 Å². The molecule has 0 aliphatic heterocycles. The predicted molar refractivity (Wildman–Crippen MR) is 190 cm³/mol. The van der Waals surface area contributed by atoms with E-state index in [1.54, 1.807) is 24.3 Å². The van der Waals surface area contributed by atoms with Crippen molar-refractivity contribution in [3.63, 3.8) is 0 Å². The van der Waals surface area contributed by atoms with Crippen molar-refractivity contribution in [2.75, 3.05) is 49.2 Å². The average Bonchev–Trinajstić information content (AvgIpc) is 3.18. The normalized spacial score (nSPS) is 11.4. The molecule has 52 heavy (non-hydrogen) atoms. The first-order chi connectivity index (χ1) is 25.2. The monoisotopic (exact) mass is 716 g/mol. The van der Waals surface area contributed by atoms with Gasteiger partial charge in [0.15, 0.2) is 0 Å². The number of azo groups is 2. The van der Waals surface area contributed by atoms with Crippen molar-refractivity contribution in [3.8, 4) is 23.0 Å². The quantitative estimate of drug-likeness (QED) is 0.0597. The molecule has 0 aliphatic carbocycles. The number of aliphatic hydroxyl groups excluding tert-OH is 2. The third kappa shape index (κ3) is 9.27. The van der Waals surface area contributed by atoms with Gasteiger partial charge in [-0.1, -0.05) is 0 Å². The lowest BCUT2D eigenvalue weighted by atomic mass is 10.2. The third-order valence-electron chi connectivity index (χ3n) is 7.79. The van der Waals surface area contributed by atoms with Crippen LogP contribution in [-0.4, -0.2) is 49.6 Å². The molecule has 0 spiro atoms. The van der Waals surface area contributed by atoms with Gasteiger partial charge in [0.2, 0.25) is 34.8 Å². The fraction of sp³-hybridized carbons (Fsp3) is 0.211. The second-order valence-corrected chi connectivity index (χ2v) is 11.1. The van der Waals surface area contributed by atoms with Gasteiger partial charge in [0.05, 0.1) is 36.0 Å². The summed E-state index contributed by atoms with van der Waals surface area (Å²) in [4.78, 5) is 4.00. The molecule has 0 saturated heterocycles. The fourth-order valence-electron chi connectivity index (χ4n) is 5.04. The SMILES string of the molecule is CCN(CCO)c1ccc(N=Nc2ccc(Oc3c(F)c(F)c(Oc4ccc(N=Nc5ccc(N(CC)CCO)cc5)cc4)c(F)c3F)cc2)cc1. The van der Waals surface area contributed by atoms with E-state index in [-0.39, 0.29) is 24.7 Å². The van der Waals surface area contributed by atoms with Gasteiger partial charge in [0.25, 0.3) is 0 Å². The van der Waals surface area contributed by atoms with Crippen LogP contribution in [0.25, 0.3) is 0 Å². The van der Waals surface area contributed by atoms with Crippen LogP contribution in [0.5, 0.6) is 23.0 Å². The lowest BCUT2D eigenvalue weighted by molar-refractivity contribution is 0.302. The molecule has 5 aromatic carbocycles. The lowest BCUT2D eigenvalue weighted by Gasteiger charge is -2.21. The van der Waals surface area contributed by atoms with E-state index < -0.39 is 34.8 Å². The van der Waals surface area contributed by atoms with E-state index in [0.29, 0.717) is 35.8 Å². The molecule has 270 valence electrons. The van der Waals surface area contributed by atoms with Crippen molar-refractivity contribution in [2.45, 2.75) is 13.8 Å². The molecule has 0 radical (unpaired) electrons. The summed E-state index contributed by atoms with van der Waals surface area (Å²) in [6, 6.07) is 25.6. The molecule has 5 aromatic rings. The number of halogens is 4. The van der Waals surface area contributed by atoms with Crippen molar-refractivity contribution in [1.82, 2.24) is 0 Å². The molecular formula is C38H36F4N6O4. The van der Waals surface area contributed by atoms with Crippen molar-refractivity contribution in [1.29, 1.82) is 0 Å². The summed E-state index contributed by atoms with van der Waals surface area (Å²) < 4.78 is 70.4. The Bertz CT molecular complexity index is 1810. The highest BCUT2D eigenvalue weighted by molar-refractivity contribution is 5.54. The number of hydrogen-bond acceptors (Lipinski definition) is 10. The molecule has 5 rings (SSSR count). The Balaban J connectivity index is 1.22. The van der Waals surface area contributed by atoms with Gasteiger partial charge in [-0.2, -0.15) is 38.0 Å². The zero-order valence-corrected chi connectivity index (χ0v) is 28.4. The second-order valence-electron chi connectivity index (χ2n) is 11.1. The first kappa shape index (κ1) is 37.4. The molecule has 10 nitrogen and oxygen atoms in total. The van der Waals surface area contributed by atoms with Gasteiger partial charge < -0.3 is 29.5 Å². The molecule has 0 atom stereocenters. The molecular weight excluding hydrogens is 680 g/mol. The highest BCUT2D eigenvalue weighted by Crippen LogP contribution is 2.39. The standard InChI is InChI=1S/C38H36F4N6O4/c1-3-47(21-23-49)29-13-5-25(6-14-29)43-45-27-9-17-31(18-10-27)51-37-33(39)35(41)38(36(42)34(37)40)52-32-19-11-28(12-20-32)46-44-26-7-15-30(16-8-26)48(4-2)22-24-50/h5-20,49-50H,3-4,21-24H2,1-2H3. The Morgan fingerprint density at radius 3 is 0.981 bits per heavy atom. The van der Waals surface area contributed by atoms with Crippen LogP contribution in [0.3, 0.4) is 0 Å². The molecule has 2 N–H and O–H groups in total. The topological polar surface area (TPSA) is 115 Å². The minimum atomic E-state index is -1.78. The van der Waals surface area contributed by atoms with Crippen molar-refractivity contribution in [3.05, 3.63) is 120 Å². The molecule has 0 aliphatic rings. The second kappa shape index (κ2) is 17.9. The first-order valence-corrected chi connectivity index (χ1v) is 16.4. The van der Waals surface area contributed by atoms with Gasteiger partial charge in [-0.3, -0.25) is 0 Å². The molecule has 0 saturated carbocycles. The van der Waals surface area contributed by atoms with Crippen LogP contribution in [-0.2, 0) is 0 Å². The minimum Gasteiger partial charge on any atom is -0.451 e. The summed E-state index contributed by atoms with van der Waals surface area (Å²) in [6.45, 7) is 6.51. The fourth-order valence-corrected chi connectivity index (χ4v) is 5.04. The molecule has 0 aromatic heterocycles. The van der Waals surface area contributed by atoms with Crippen molar-refractivity contribution >= 4 is 34.1 Å². The van der Waals surface area contributed by atoms with Crippen LogP contribution in [0.4, 0.5) is 51.7 Å². The van der Waals surface area contributed by atoms with Gasteiger partial charge in [0, 0.05) is 37.6 Å². The van der Waals surface area contributed by atoms with E-state index in [1.165, 1.54) is 48.5 Å². The van der Waals surface area contributed by atoms with Crippen molar-refractivity contribution < 1.29 is 37.2 Å². The van der Waals surface area contributed by atoms with Crippen LogP contribution >= 0.6 is 0 Å². The zero-order valence-electron chi connectivity index (χ0n) is 28.4. The van der Waals surface area contributed by atoms with Crippen LogP contribution in [0.2, 0.25) is 0 Å². The van der Waals surface area contributed by atoms with Gasteiger partial charge in [-0.25, -0.2) is 0 Å². The van der Waals surface area contributed by atoms with Gasteiger partial charge in [-0.05, 0) is 111 Å². The molecule has 0 bridgehead atoms. The average molecular weight is 717 g/mol. The molecule has 0 fully saturated rings.